The molecule has 76 valence electrons. The highest BCUT2D eigenvalue weighted by atomic mass is 35.5. The number of alkyl halides is 1. The molecule has 0 saturated heterocycles. The highest BCUT2D eigenvalue weighted by Gasteiger charge is 2.41. The van der Waals surface area contributed by atoms with E-state index in [1.807, 2.05) is 38.1 Å². The van der Waals surface area contributed by atoms with Gasteiger partial charge < -0.3 is 9.84 Å². The molecule has 1 N–H and O–H groups in total. The first-order valence-corrected chi connectivity index (χ1v) is 5.06. The second kappa shape index (κ2) is 3.14. The number of rotatable bonds is 0. The van der Waals surface area contributed by atoms with Crippen LogP contribution in [0.2, 0.25) is 0 Å². The van der Waals surface area contributed by atoms with Crippen LogP contribution in [0.5, 0.6) is 5.75 Å². The molecule has 2 atom stereocenters. The first-order valence-electron chi connectivity index (χ1n) is 4.62. The van der Waals surface area contributed by atoms with Gasteiger partial charge in [0.05, 0.1) is 0 Å². The van der Waals surface area contributed by atoms with Crippen molar-refractivity contribution < 1.29 is 9.84 Å². The van der Waals surface area contributed by atoms with E-state index in [4.69, 9.17) is 16.3 Å². The van der Waals surface area contributed by atoms with E-state index < -0.39 is 17.1 Å². The van der Waals surface area contributed by atoms with Gasteiger partial charge in [-0.2, -0.15) is 0 Å². The molecule has 2 nitrogen and oxygen atoms in total. The maximum absolute atomic E-state index is 9.95. The Hall–Kier alpha value is -0.730. The lowest BCUT2D eigenvalue weighted by Gasteiger charge is -2.39. The monoisotopic (exact) mass is 212 g/mol. The van der Waals surface area contributed by atoms with Gasteiger partial charge in [0.1, 0.15) is 22.8 Å². The Labute approximate surface area is 88.5 Å². The van der Waals surface area contributed by atoms with Crippen LogP contribution in [0.3, 0.4) is 0 Å². The molecule has 1 aliphatic rings. The van der Waals surface area contributed by atoms with E-state index in [9.17, 15) is 5.11 Å². The lowest BCUT2D eigenvalue weighted by molar-refractivity contribution is 0.0170. The largest absolute Gasteiger partial charge is 0.486 e. The molecular weight excluding hydrogens is 200 g/mol. The second-order valence-electron chi connectivity index (χ2n) is 4.09. The third-order valence-electron chi connectivity index (χ3n) is 2.55. The smallest absolute Gasteiger partial charge is 0.126 e. The topological polar surface area (TPSA) is 29.5 Å². The van der Waals surface area contributed by atoms with Gasteiger partial charge in [-0.15, -0.1) is 11.6 Å². The number of halogens is 1. The van der Waals surface area contributed by atoms with E-state index in [1.165, 1.54) is 0 Å². The second-order valence-corrected chi connectivity index (χ2v) is 4.56. The molecule has 0 radical (unpaired) electrons. The SMILES string of the molecule is CC1(C)Oc2ccccc2C(O)C1Cl. The summed E-state index contributed by atoms with van der Waals surface area (Å²) < 4.78 is 5.71. The summed E-state index contributed by atoms with van der Waals surface area (Å²) in [6.45, 7) is 3.76. The molecule has 0 aromatic heterocycles. The summed E-state index contributed by atoms with van der Waals surface area (Å²) in [5, 5.41) is 9.53. The average molecular weight is 213 g/mol. The first-order chi connectivity index (χ1) is 6.52. The predicted octanol–water partition coefficient (Wildman–Crippen LogP) is 2.50. The molecule has 3 heteroatoms. The van der Waals surface area contributed by atoms with Gasteiger partial charge in [0.25, 0.3) is 0 Å². The molecule has 2 unspecified atom stereocenters. The van der Waals surface area contributed by atoms with E-state index in [-0.39, 0.29) is 0 Å². The van der Waals surface area contributed by atoms with Crippen LogP contribution in [0.25, 0.3) is 0 Å². The summed E-state index contributed by atoms with van der Waals surface area (Å²) in [5.74, 6) is 0.724. The minimum atomic E-state index is -0.656. The van der Waals surface area contributed by atoms with Crippen molar-refractivity contribution in [1.82, 2.24) is 0 Å². The van der Waals surface area contributed by atoms with Gasteiger partial charge >= 0.3 is 0 Å². The Bertz CT molecular complexity index is 349. The van der Waals surface area contributed by atoms with Crippen LogP contribution >= 0.6 is 11.6 Å². The number of benzene rings is 1. The van der Waals surface area contributed by atoms with Crippen LogP contribution in [0, 0.1) is 0 Å². The van der Waals surface area contributed by atoms with Crippen molar-refractivity contribution >= 4 is 11.6 Å². The first kappa shape index (κ1) is 9.81. The Morgan fingerprint density at radius 1 is 1.36 bits per heavy atom. The Morgan fingerprint density at radius 2 is 2.00 bits per heavy atom. The third-order valence-corrected chi connectivity index (χ3v) is 3.32. The molecule has 14 heavy (non-hydrogen) atoms. The van der Waals surface area contributed by atoms with Gasteiger partial charge in [-0.1, -0.05) is 18.2 Å². The third kappa shape index (κ3) is 1.39. The van der Waals surface area contributed by atoms with Crippen LogP contribution in [-0.4, -0.2) is 16.1 Å². The van der Waals surface area contributed by atoms with Crippen molar-refractivity contribution in [2.75, 3.05) is 0 Å². The maximum atomic E-state index is 9.95. The van der Waals surface area contributed by atoms with Gasteiger partial charge in [0.2, 0.25) is 0 Å². The fourth-order valence-corrected chi connectivity index (χ4v) is 1.88. The maximum Gasteiger partial charge on any atom is 0.126 e. The van der Waals surface area contributed by atoms with Crippen molar-refractivity contribution in [3.63, 3.8) is 0 Å². The summed E-state index contributed by atoms with van der Waals surface area (Å²) in [4.78, 5) is 0. The number of fused-ring (bicyclic) bond motifs is 1. The van der Waals surface area contributed by atoms with Gasteiger partial charge in [0.15, 0.2) is 0 Å². The standard InChI is InChI=1S/C11H13ClO2/c1-11(2)10(12)9(13)7-5-3-4-6-8(7)14-11/h3-6,9-10,13H,1-2H3. The molecule has 0 fully saturated rings. The number of aliphatic hydroxyl groups is 1. The van der Waals surface area contributed by atoms with E-state index >= 15 is 0 Å². The fourth-order valence-electron chi connectivity index (χ4n) is 1.70. The van der Waals surface area contributed by atoms with Crippen LogP contribution in [0.4, 0.5) is 0 Å². The Kier molecular flexibility index (Phi) is 2.20. The molecular formula is C11H13ClO2. The van der Waals surface area contributed by atoms with Crippen molar-refractivity contribution in [3.8, 4) is 5.75 Å². The number of para-hydroxylation sites is 1. The molecule has 0 bridgehead atoms. The van der Waals surface area contributed by atoms with Crippen molar-refractivity contribution in [3.05, 3.63) is 29.8 Å². The summed E-state index contributed by atoms with van der Waals surface area (Å²) in [7, 11) is 0. The Balaban J connectivity index is 2.48. The van der Waals surface area contributed by atoms with Gasteiger partial charge in [-0.05, 0) is 19.9 Å². The number of ether oxygens (including phenoxy) is 1. The zero-order chi connectivity index (χ0) is 10.3. The van der Waals surface area contributed by atoms with Crippen LogP contribution in [0.15, 0.2) is 24.3 Å². The van der Waals surface area contributed by atoms with Crippen LogP contribution in [0.1, 0.15) is 25.5 Å². The van der Waals surface area contributed by atoms with Gasteiger partial charge in [-0.25, -0.2) is 0 Å². The average Bonchev–Trinajstić information content (AvgIpc) is 2.14. The molecule has 1 heterocycles. The highest BCUT2D eigenvalue weighted by Crippen LogP contribution is 2.41. The molecule has 1 aromatic rings. The lowest BCUT2D eigenvalue weighted by Crippen LogP contribution is -2.45. The summed E-state index contributed by atoms with van der Waals surface area (Å²) in [6.07, 6.45) is -0.656. The number of aliphatic hydroxyl groups excluding tert-OH is 1. The van der Waals surface area contributed by atoms with Gasteiger partial charge in [-0.3, -0.25) is 0 Å². The fraction of sp³-hybridized carbons (Fsp3) is 0.455. The predicted molar refractivity (Wildman–Crippen MR) is 55.7 cm³/mol. The minimum absolute atomic E-state index is 0.419. The number of hydrogen-bond donors (Lipinski definition) is 1. The van der Waals surface area contributed by atoms with E-state index in [0.717, 1.165) is 11.3 Å². The summed E-state index contributed by atoms with van der Waals surface area (Å²) >= 11 is 6.11. The summed E-state index contributed by atoms with van der Waals surface area (Å²) in [6, 6.07) is 7.44. The quantitative estimate of drug-likeness (QED) is 0.670. The normalized spacial score (nSPS) is 29.1. The molecule has 0 spiro atoms. The van der Waals surface area contributed by atoms with E-state index in [2.05, 4.69) is 0 Å². The zero-order valence-corrected chi connectivity index (χ0v) is 8.95. The number of hydrogen-bond acceptors (Lipinski definition) is 2. The minimum Gasteiger partial charge on any atom is -0.486 e. The van der Waals surface area contributed by atoms with Gasteiger partial charge in [0, 0.05) is 5.56 Å². The molecule has 0 saturated carbocycles. The van der Waals surface area contributed by atoms with Crippen molar-refractivity contribution in [1.29, 1.82) is 0 Å². The molecule has 1 aromatic carbocycles. The van der Waals surface area contributed by atoms with Crippen LogP contribution in [-0.2, 0) is 0 Å². The van der Waals surface area contributed by atoms with Crippen LogP contribution < -0.4 is 4.74 Å². The Morgan fingerprint density at radius 3 is 2.71 bits per heavy atom. The highest BCUT2D eigenvalue weighted by molar-refractivity contribution is 6.22. The molecule has 0 amide bonds. The van der Waals surface area contributed by atoms with E-state index in [0.29, 0.717) is 0 Å². The lowest BCUT2D eigenvalue weighted by atomic mass is 9.91. The van der Waals surface area contributed by atoms with E-state index in [1.54, 1.807) is 0 Å². The molecule has 2 rings (SSSR count). The summed E-state index contributed by atoms with van der Waals surface area (Å²) in [5.41, 5.74) is 0.238. The van der Waals surface area contributed by atoms with Crippen molar-refractivity contribution in [2.45, 2.75) is 30.9 Å². The van der Waals surface area contributed by atoms with Crippen molar-refractivity contribution in [2.24, 2.45) is 0 Å². The zero-order valence-electron chi connectivity index (χ0n) is 8.20. The molecule has 1 aliphatic heterocycles. The molecule has 0 aliphatic carbocycles.